The molecule has 0 atom stereocenters. The topological polar surface area (TPSA) is 38.1 Å². The molecule has 27 heavy (non-hydrogen) atoms. The number of fused-ring (bicyclic) bond motifs is 1. The zero-order valence-electron chi connectivity index (χ0n) is 15.7. The van der Waals surface area contributed by atoms with Crippen LogP contribution in [0.5, 0.6) is 0 Å². The number of rotatable bonds is 4. The van der Waals surface area contributed by atoms with Crippen LogP contribution in [0.15, 0.2) is 60.0 Å². The van der Waals surface area contributed by atoms with E-state index in [1.54, 1.807) is 6.20 Å². The molecule has 1 aromatic heterocycles. The monoisotopic (exact) mass is 377 g/mol. The fourth-order valence-electron chi connectivity index (χ4n) is 3.39. The van der Waals surface area contributed by atoms with E-state index < -0.39 is 0 Å². The van der Waals surface area contributed by atoms with Gasteiger partial charge < -0.3 is 4.90 Å². The third-order valence-corrected chi connectivity index (χ3v) is 6.14. The molecule has 1 aliphatic rings. The summed E-state index contributed by atoms with van der Waals surface area (Å²) in [5.41, 5.74) is 6.23. The first kappa shape index (κ1) is 17.9. The number of benzene rings is 2. The molecule has 0 saturated heterocycles. The van der Waals surface area contributed by atoms with Crippen molar-refractivity contribution in [2.45, 2.75) is 32.0 Å². The number of amides is 1. The van der Waals surface area contributed by atoms with Gasteiger partial charge >= 0.3 is 0 Å². The molecule has 0 radical (unpaired) electrons. The van der Waals surface area contributed by atoms with Gasteiger partial charge in [-0.1, -0.05) is 42.1 Å². The van der Waals surface area contributed by atoms with Crippen LogP contribution in [0.3, 0.4) is 0 Å². The highest BCUT2D eigenvalue weighted by Crippen LogP contribution is 2.24. The van der Waals surface area contributed by atoms with Crippen LogP contribution in [-0.4, -0.2) is 32.7 Å². The third kappa shape index (κ3) is 3.78. The average Bonchev–Trinajstić information content (AvgIpc) is 3.16. The summed E-state index contributed by atoms with van der Waals surface area (Å²) in [6, 6.07) is 14.8. The Balaban J connectivity index is 1.43. The summed E-state index contributed by atoms with van der Waals surface area (Å²) in [5, 5.41) is 0.851. The lowest BCUT2D eigenvalue weighted by molar-refractivity contribution is -0.129. The normalized spacial score (nSPS) is 13.5. The van der Waals surface area contributed by atoms with Gasteiger partial charge in [-0.25, -0.2) is 4.98 Å². The maximum absolute atomic E-state index is 12.7. The molecular formula is C22H23N3OS. The highest BCUT2D eigenvalue weighted by Gasteiger charge is 2.21. The molecule has 4 nitrogen and oxygen atoms in total. The number of hydrogen-bond donors (Lipinski definition) is 0. The van der Waals surface area contributed by atoms with Crippen molar-refractivity contribution in [2.24, 2.45) is 0 Å². The molecule has 0 unspecified atom stereocenters. The van der Waals surface area contributed by atoms with Gasteiger partial charge in [-0.15, -0.1) is 0 Å². The molecule has 1 aliphatic heterocycles. The minimum absolute atomic E-state index is 0.170. The summed E-state index contributed by atoms with van der Waals surface area (Å²) in [6.07, 6.45) is 4.68. The molecule has 0 fully saturated rings. The Bertz CT molecular complexity index is 979. The van der Waals surface area contributed by atoms with Crippen molar-refractivity contribution < 1.29 is 4.79 Å². The molecule has 5 heteroatoms. The van der Waals surface area contributed by atoms with E-state index in [0.717, 1.165) is 23.8 Å². The molecule has 3 aromatic rings. The third-order valence-electron chi connectivity index (χ3n) is 5.18. The minimum Gasteiger partial charge on any atom is -0.337 e. The number of aryl methyl sites for hydroxylation is 2. The van der Waals surface area contributed by atoms with E-state index in [1.807, 2.05) is 17.2 Å². The SMILES string of the molecule is Cc1ccc(-n2ccnc2SCC(=O)N2CCc3ccccc3C2)cc1C. The van der Waals surface area contributed by atoms with Crippen LogP contribution >= 0.6 is 11.8 Å². The molecular weight excluding hydrogens is 354 g/mol. The van der Waals surface area contributed by atoms with Crippen molar-refractivity contribution in [1.29, 1.82) is 0 Å². The second-order valence-electron chi connectivity index (χ2n) is 6.97. The highest BCUT2D eigenvalue weighted by atomic mass is 32.2. The zero-order valence-corrected chi connectivity index (χ0v) is 16.5. The van der Waals surface area contributed by atoms with Crippen molar-refractivity contribution in [3.63, 3.8) is 0 Å². The van der Waals surface area contributed by atoms with Crippen LogP contribution in [0.2, 0.25) is 0 Å². The molecule has 0 saturated carbocycles. The van der Waals surface area contributed by atoms with E-state index in [0.29, 0.717) is 12.3 Å². The number of carbonyl (C=O) groups is 1. The summed E-state index contributed by atoms with van der Waals surface area (Å²) >= 11 is 1.50. The van der Waals surface area contributed by atoms with E-state index >= 15 is 0 Å². The van der Waals surface area contributed by atoms with Crippen LogP contribution in [0.25, 0.3) is 5.69 Å². The first-order chi connectivity index (χ1) is 13.1. The van der Waals surface area contributed by atoms with E-state index in [9.17, 15) is 4.79 Å². The number of imidazole rings is 1. The highest BCUT2D eigenvalue weighted by molar-refractivity contribution is 7.99. The Morgan fingerprint density at radius 2 is 1.93 bits per heavy atom. The molecule has 0 N–H and O–H groups in total. The number of aromatic nitrogens is 2. The van der Waals surface area contributed by atoms with Gasteiger partial charge in [0.1, 0.15) is 0 Å². The van der Waals surface area contributed by atoms with E-state index in [2.05, 4.69) is 59.8 Å². The Morgan fingerprint density at radius 1 is 1.11 bits per heavy atom. The van der Waals surface area contributed by atoms with Crippen LogP contribution in [0, 0.1) is 13.8 Å². The van der Waals surface area contributed by atoms with E-state index in [1.165, 1.54) is 34.0 Å². The zero-order chi connectivity index (χ0) is 18.8. The van der Waals surface area contributed by atoms with Gasteiger partial charge in [-0.3, -0.25) is 9.36 Å². The van der Waals surface area contributed by atoms with Gasteiger partial charge in [0.05, 0.1) is 5.75 Å². The summed E-state index contributed by atoms with van der Waals surface area (Å²) < 4.78 is 2.05. The average molecular weight is 378 g/mol. The second-order valence-corrected chi connectivity index (χ2v) is 7.91. The summed E-state index contributed by atoms with van der Waals surface area (Å²) in [4.78, 5) is 19.1. The van der Waals surface area contributed by atoms with Crippen LogP contribution in [0.1, 0.15) is 22.3 Å². The van der Waals surface area contributed by atoms with Gasteiger partial charge in [0.25, 0.3) is 0 Å². The predicted octanol–water partition coefficient (Wildman–Crippen LogP) is 4.17. The van der Waals surface area contributed by atoms with Crippen molar-refractivity contribution in [2.75, 3.05) is 12.3 Å². The summed E-state index contributed by atoms with van der Waals surface area (Å²) in [5.74, 6) is 0.577. The molecule has 138 valence electrons. The fourth-order valence-corrected chi connectivity index (χ4v) is 4.27. The Labute approximate surface area is 164 Å². The minimum atomic E-state index is 0.170. The fraction of sp³-hybridized carbons (Fsp3) is 0.273. The van der Waals surface area contributed by atoms with Gasteiger partial charge in [0.15, 0.2) is 5.16 Å². The smallest absolute Gasteiger partial charge is 0.233 e. The van der Waals surface area contributed by atoms with Gasteiger partial charge in [0, 0.05) is 31.2 Å². The first-order valence-corrected chi connectivity index (χ1v) is 10.2. The van der Waals surface area contributed by atoms with Crippen LogP contribution in [0.4, 0.5) is 0 Å². The Hall–Kier alpha value is -2.53. The quantitative estimate of drug-likeness (QED) is 0.641. The largest absolute Gasteiger partial charge is 0.337 e. The lowest BCUT2D eigenvalue weighted by Gasteiger charge is -2.28. The molecule has 4 rings (SSSR count). The number of carbonyl (C=O) groups excluding carboxylic acids is 1. The van der Waals surface area contributed by atoms with Crippen LogP contribution < -0.4 is 0 Å². The molecule has 2 heterocycles. The Kier molecular flexibility index (Phi) is 5.03. The number of thioether (sulfide) groups is 1. The van der Waals surface area contributed by atoms with Gasteiger partial charge in [0.2, 0.25) is 5.91 Å². The maximum atomic E-state index is 12.7. The summed E-state index contributed by atoms with van der Waals surface area (Å²) in [7, 11) is 0. The number of nitrogens with zero attached hydrogens (tertiary/aromatic N) is 3. The molecule has 0 aliphatic carbocycles. The maximum Gasteiger partial charge on any atom is 0.233 e. The van der Waals surface area contributed by atoms with Crippen molar-refractivity contribution >= 4 is 17.7 Å². The molecule has 1 amide bonds. The molecule has 2 aromatic carbocycles. The lowest BCUT2D eigenvalue weighted by atomic mass is 10.00. The van der Waals surface area contributed by atoms with Gasteiger partial charge in [-0.05, 0) is 54.7 Å². The first-order valence-electron chi connectivity index (χ1n) is 9.20. The summed E-state index contributed by atoms with van der Waals surface area (Å²) in [6.45, 7) is 5.72. The van der Waals surface area contributed by atoms with Gasteiger partial charge in [-0.2, -0.15) is 0 Å². The lowest BCUT2D eigenvalue weighted by Crippen LogP contribution is -2.37. The second kappa shape index (κ2) is 7.61. The van der Waals surface area contributed by atoms with Crippen molar-refractivity contribution in [1.82, 2.24) is 14.5 Å². The van der Waals surface area contributed by atoms with Crippen LogP contribution in [-0.2, 0) is 17.8 Å². The number of hydrogen-bond acceptors (Lipinski definition) is 3. The standard InChI is InChI=1S/C22H23N3OS/c1-16-7-8-20(13-17(16)2)25-12-10-23-22(25)27-15-21(26)24-11-9-18-5-3-4-6-19(18)14-24/h3-8,10,12-13H,9,11,14-15H2,1-2H3. The molecule has 0 bridgehead atoms. The Morgan fingerprint density at radius 3 is 2.74 bits per heavy atom. The molecule has 0 spiro atoms. The van der Waals surface area contributed by atoms with Crippen molar-refractivity contribution in [3.8, 4) is 5.69 Å². The predicted molar refractivity (Wildman–Crippen MR) is 109 cm³/mol. The van der Waals surface area contributed by atoms with E-state index in [4.69, 9.17) is 0 Å². The van der Waals surface area contributed by atoms with E-state index in [-0.39, 0.29) is 5.91 Å². The van der Waals surface area contributed by atoms with Crippen molar-refractivity contribution in [3.05, 3.63) is 77.1 Å².